The second kappa shape index (κ2) is 5.57. The van der Waals surface area contributed by atoms with Crippen LogP contribution >= 0.6 is 23.2 Å². The summed E-state index contributed by atoms with van der Waals surface area (Å²) >= 11 is 12.1. The summed E-state index contributed by atoms with van der Waals surface area (Å²) in [7, 11) is 2.07. The summed E-state index contributed by atoms with van der Waals surface area (Å²) in [5.41, 5.74) is 1.06. The van der Waals surface area contributed by atoms with Gasteiger partial charge in [-0.05, 0) is 49.6 Å². The van der Waals surface area contributed by atoms with Crippen LogP contribution in [-0.2, 0) is 6.54 Å². The van der Waals surface area contributed by atoms with Crippen LogP contribution in [0.5, 0.6) is 0 Å². The average Bonchev–Trinajstić information content (AvgIpc) is 2.21. The zero-order chi connectivity index (χ0) is 12.4. The van der Waals surface area contributed by atoms with Gasteiger partial charge in [0.15, 0.2) is 0 Å². The zero-order valence-electron chi connectivity index (χ0n) is 9.87. The third kappa shape index (κ3) is 3.59. The van der Waals surface area contributed by atoms with E-state index in [0.29, 0.717) is 5.92 Å². The fourth-order valence-electron chi connectivity index (χ4n) is 2.31. The van der Waals surface area contributed by atoms with Gasteiger partial charge in [-0.15, -0.1) is 0 Å². The zero-order valence-corrected chi connectivity index (χ0v) is 11.4. The van der Waals surface area contributed by atoms with Crippen LogP contribution in [0, 0.1) is 5.92 Å². The fourth-order valence-corrected chi connectivity index (χ4v) is 2.68. The lowest BCUT2D eigenvalue weighted by atomic mass is 9.82. The number of aliphatic hydroxyl groups excluding tert-OH is 1. The van der Waals surface area contributed by atoms with Crippen LogP contribution in [0.4, 0.5) is 0 Å². The predicted octanol–water partition coefficient (Wildman–Crippen LogP) is 3.20. The van der Waals surface area contributed by atoms with Crippen LogP contribution in [0.1, 0.15) is 18.4 Å². The van der Waals surface area contributed by atoms with E-state index in [1.54, 1.807) is 6.07 Å². The maximum absolute atomic E-state index is 9.24. The van der Waals surface area contributed by atoms with Crippen molar-refractivity contribution >= 4 is 23.2 Å². The largest absolute Gasteiger partial charge is 0.393 e. The van der Waals surface area contributed by atoms with Crippen molar-refractivity contribution in [2.24, 2.45) is 5.92 Å². The average molecular weight is 274 g/mol. The summed E-state index contributed by atoms with van der Waals surface area (Å²) in [5.74, 6) is 0.618. The first-order chi connectivity index (χ1) is 8.04. The third-order valence-electron chi connectivity index (χ3n) is 3.23. The molecule has 0 spiro atoms. The van der Waals surface area contributed by atoms with Crippen LogP contribution in [0.25, 0.3) is 0 Å². The Bertz CT molecular complexity index is 391. The molecule has 0 saturated heterocycles. The van der Waals surface area contributed by atoms with Crippen molar-refractivity contribution < 1.29 is 5.11 Å². The van der Waals surface area contributed by atoms with Gasteiger partial charge in [-0.3, -0.25) is 0 Å². The lowest BCUT2D eigenvalue weighted by Gasteiger charge is -2.34. The van der Waals surface area contributed by atoms with Crippen molar-refractivity contribution in [1.82, 2.24) is 4.90 Å². The van der Waals surface area contributed by atoms with Crippen molar-refractivity contribution in [2.75, 3.05) is 13.6 Å². The number of aliphatic hydroxyl groups is 1. The molecule has 1 aromatic rings. The Balaban J connectivity index is 1.89. The van der Waals surface area contributed by atoms with Crippen molar-refractivity contribution in [3.8, 4) is 0 Å². The molecule has 1 N–H and O–H groups in total. The topological polar surface area (TPSA) is 23.5 Å². The van der Waals surface area contributed by atoms with Gasteiger partial charge in [0, 0.05) is 23.1 Å². The monoisotopic (exact) mass is 273 g/mol. The standard InChI is InChI=1S/C13H17Cl2NO/c1-16(7-9-4-12(17)5-9)8-10-6-11(14)2-3-13(10)15/h2-3,6,9,12,17H,4-5,7-8H2,1H3. The van der Waals surface area contributed by atoms with Crippen molar-refractivity contribution in [3.05, 3.63) is 33.8 Å². The Kier molecular flexibility index (Phi) is 4.31. The first-order valence-corrected chi connectivity index (χ1v) is 6.60. The number of hydrogen-bond donors (Lipinski definition) is 1. The summed E-state index contributed by atoms with van der Waals surface area (Å²) < 4.78 is 0. The van der Waals surface area contributed by atoms with Gasteiger partial charge in [0.05, 0.1) is 6.10 Å². The molecule has 1 aliphatic rings. The second-order valence-electron chi connectivity index (χ2n) is 4.92. The van der Waals surface area contributed by atoms with Crippen molar-refractivity contribution in [2.45, 2.75) is 25.5 Å². The molecule has 1 fully saturated rings. The molecule has 94 valence electrons. The minimum Gasteiger partial charge on any atom is -0.393 e. The molecule has 2 nitrogen and oxygen atoms in total. The van der Waals surface area contributed by atoms with E-state index in [1.807, 2.05) is 12.1 Å². The lowest BCUT2D eigenvalue weighted by Crippen LogP contribution is -2.36. The van der Waals surface area contributed by atoms with Gasteiger partial charge in [0.2, 0.25) is 0 Å². The molecule has 0 aliphatic heterocycles. The van der Waals surface area contributed by atoms with E-state index >= 15 is 0 Å². The van der Waals surface area contributed by atoms with E-state index in [-0.39, 0.29) is 6.10 Å². The van der Waals surface area contributed by atoms with Crippen LogP contribution in [0.15, 0.2) is 18.2 Å². The number of rotatable bonds is 4. The molecule has 0 aromatic heterocycles. The molecule has 0 heterocycles. The normalized spacial score (nSPS) is 23.8. The molecular weight excluding hydrogens is 257 g/mol. The Morgan fingerprint density at radius 3 is 2.71 bits per heavy atom. The number of nitrogens with zero attached hydrogens (tertiary/aromatic N) is 1. The number of halogens is 2. The minimum atomic E-state index is -0.0804. The highest BCUT2D eigenvalue weighted by atomic mass is 35.5. The van der Waals surface area contributed by atoms with E-state index in [0.717, 1.165) is 41.5 Å². The Hall–Kier alpha value is -0.280. The summed E-state index contributed by atoms with van der Waals surface area (Å²) in [6, 6.07) is 5.55. The molecule has 0 amide bonds. The van der Waals surface area contributed by atoms with Crippen LogP contribution in [0.3, 0.4) is 0 Å². The smallest absolute Gasteiger partial charge is 0.0546 e. The van der Waals surface area contributed by atoms with Gasteiger partial charge < -0.3 is 10.0 Å². The third-order valence-corrected chi connectivity index (χ3v) is 3.83. The first-order valence-electron chi connectivity index (χ1n) is 5.85. The van der Waals surface area contributed by atoms with E-state index in [2.05, 4.69) is 11.9 Å². The van der Waals surface area contributed by atoms with Crippen LogP contribution in [0.2, 0.25) is 10.0 Å². The summed E-state index contributed by atoms with van der Waals surface area (Å²) in [4.78, 5) is 2.23. The van der Waals surface area contributed by atoms with Gasteiger partial charge >= 0.3 is 0 Å². The molecule has 17 heavy (non-hydrogen) atoms. The quantitative estimate of drug-likeness (QED) is 0.911. The van der Waals surface area contributed by atoms with Crippen molar-refractivity contribution in [3.63, 3.8) is 0 Å². The summed E-state index contributed by atoms with van der Waals surface area (Å²) in [6.45, 7) is 1.80. The maximum atomic E-state index is 9.24. The number of benzene rings is 1. The van der Waals surface area contributed by atoms with Gasteiger partial charge in [-0.1, -0.05) is 23.2 Å². The SMILES string of the molecule is CN(Cc1cc(Cl)ccc1Cl)CC1CC(O)C1. The van der Waals surface area contributed by atoms with Gasteiger partial charge in [0.25, 0.3) is 0 Å². The molecule has 1 aliphatic carbocycles. The molecule has 2 rings (SSSR count). The van der Waals surface area contributed by atoms with Gasteiger partial charge in [0.1, 0.15) is 0 Å². The minimum absolute atomic E-state index is 0.0804. The molecular formula is C13H17Cl2NO. The van der Waals surface area contributed by atoms with E-state index in [1.165, 1.54) is 0 Å². The number of hydrogen-bond acceptors (Lipinski definition) is 2. The highest BCUT2D eigenvalue weighted by Gasteiger charge is 2.27. The van der Waals surface area contributed by atoms with Gasteiger partial charge in [-0.25, -0.2) is 0 Å². The predicted molar refractivity (Wildman–Crippen MR) is 71.5 cm³/mol. The second-order valence-corrected chi connectivity index (χ2v) is 5.77. The Labute approximate surface area is 112 Å². The molecule has 0 atom stereocenters. The Morgan fingerprint density at radius 2 is 2.06 bits per heavy atom. The summed E-state index contributed by atoms with van der Waals surface area (Å²) in [6.07, 6.45) is 1.77. The molecule has 1 aromatic carbocycles. The molecule has 4 heteroatoms. The maximum Gasteiger partial charge on any atom is 0.0546 e. The highest BCUT2D eigenvalue weighted by Crippen LogP contribution is 2.28. The molecule has 0 bridgehead atoms. The lowest BCUT2D eigenvalue weighted by molar-refractivity contribution is 0.0274. The first kappa shape index (κ1) is 13.2. The van der Waals surface area contributed by atoms with E-state index in [9.17, 15) is 5.11 Å². The molecule has 1 saturated carbocycles. The van der Waals surface area contributed by atoms with Crippen LogP contribution in [-0.4, -0.2) is 29.7 Å². The Morgan fingerprint density at radius 1 is 1.35 bits per heavy atom. The molecule has 0 radical (unpaired) electrons. The molecule has 0 unspecified atom stereocenters. The van der Waals surface area contributed by atoms with E-state index < -0.39 is 0 Å². The fraction of sp³-hybridized carbons (Fsp3) is 0.538. The summed E-state index contributed by atoms with van der Waals surface area (Å²) in [5, 5.41) is 10.7. The van der Waals surface area contributed by atoms with Crippen LogP contribution < -0.4 is 0 Å². The van der Waals surface area contributed by atoms with Gasteiger partial charge in [-0.2, -0.15) is 0 Å². The van der Waals surface area contributed by atoms with Crippen molar-refractivity contribution in [1.29, 1.82) is 0 Å². The van der Waals surface area contributed by atoms with E-state index in [4.69, 9.17) is 23.2 Å². The highest BCUT2D eigenvalue weighted by molar-refractivity contribution is 6.33.